The summed E-state index contributed by atoms with van der Waals surface area (Å²) in [6.07, 6.45) is 1.14. The summed E-state index contributed by atoms with van der Waals surface area (Å²) in [7, 11) is 0. The van der Waals surface area contributed by atoms with Gasteiger partial charge in [0.05, 0.1) is 11.2 Å². The standard InChI is InChI=1S/C16H25N3/c1-5-17-12-14-13-8-6-7-9-15(13)19(18-14)11-10-16(2,3)4/h6-9,17H,5,10-12H2,1-4H3. The fourth-order valence-electron chi connectivity index (χ4n) is 2.18. The van der Waals surface area contributed by atoms with Gasteiger partial charge >= 0.3 is 0 Å². The van der Waals surface area contributed by atoms with E-state index in [2.05, 4.69) is 62.0 Å². The number of rotatable bonds is 5. The number of aryl methyl sites for hydroxylation is 1. The van der Waals surface area contributed by atoms with Crippen LogP contribution in [0, 0.1) is 5.41 Å². The van der Waals surface area contributed by atoms with Gasteiger partial charge in [-0.1, -0.05) is 45.9 Å². The molecule has 0 amide bonds. The molecule has 0 saturated carbocycles. The number of aromatic nitrogens is 2. The summed E-state index contributed by atoms with van der Waals surface area (Å²) in [4.78, 5) is 0. The Morgan fingerprint density at radius 3 is 2.63 bits per heavy atom. The molecule has 0 aliphatic heterocycles. The molecule has 0 aliphatic carbocycles. The van der Waals surface area contributed by atoms with E-state index in [-0.39, 0.29) is 0 Å². The Bertz CT molecular complexity index is 534. The van der Waals surface area contributed by atoms with Crippen molar-refractivity contribution >= 4 is 10.9 Å². The minimum atomic E-state index is 0.342. The third kappa shape index (κ3) is 3.57. The predicted octanol–water partition coefficient (Wildman–Crippen LogP) is 3.58. The number of hydrogen-bond donors (Lipinski definition) is 1. The van der Waals surface area contributed by atoms with Gasteiger partial charge in [-0.25, -0.2) is 0 Å². The summed E-state index contributed by atoms with van der Waals surface area (Å²) in [6, 6.07) is 8.52. The summed E-state index contributed by atoms with van der Waals surface area (Å²) in [5.41, 5.74) is 2.75. The Hall–Kier alpha value is -1.35. The number of benzene rings is 1. The van der Waals surface area contributed by atoms with Crippen molar-refractivity contribution in [3.8, 4) is 0 Å². The van der Waals surface area contributed by atoms with E-state index in [0.717, 1.165) is 31.7 Å². The first-order valence-corrected chi connectivity index (χ1v) is 7.16. The normalized spacial score (nSPS) is 12.2. The SMILES string of the molecule is CCNCc1nn(CCC(C)(C)C)c2ccccc12. The molecule has 0 unspecified atom stereocenters. The quantitative estimate of drug-likeness (QED) is 0.889. The highest BCUT2D eigenvalue weighted by atomic mass is 15.3. The maximum atomic E-state index is 4.78. The monoisotopic (exact) mass is 259 g/mol. The fourth-order valence-corrected chi connectivity index (χ4v) is 2.18. The molecular weight excluding hydrogens is 234 g/mol. The average Bonchev–Trinajstić information content (AvgIpc) is 2.72. The predicted molar refractivity (Wildman–Crippen MR) is 81.2 cm³/mol. The number of para-hydroxylation sites is 1. The van der Waals surface area contributed by atoms with Gasteiger partial charge in [-0.05, 0) is 24.4 Å². The van der Waals surface area contributed by atoms with Crippen molar-refractivity contribution in [3.63, 3.8) is 0 Å². The topological polar surface area (TPSA) is 29.9 Å². The van der Waals surface area contributed by atoms with E-state index in [9.17, 15) is 0 Å². The van der Waals surface area contributed by atoms with E-state index in [0.29, 0.717) is 5.41 Å². The van der Waals surface area contributed by atoms with Crippen LogP contribution in [0.5, 0.6) is 0 Å². The lowest BCUT2D eigenvalue weighted by Crippen LogP contribution is -2.14. The molecule has 2 rings (SSSR count). The largest absolute Gasteiger partial charge is 0.311 e. The molecular formula is C16H25N3. The highest BCUT2D eigenvalue weighted by Crippen LogP contribution is 2.23. The van der Waals surface area contributed by atoms with Gasteiger partial charge in [0.2, 0.25) is 0 Å². The Balaban J connectivity index is 2.28. The first-order chi connectivity index (χ1) is 9.01. The van der Waals surface area contributed by atoms with E-state index < -0.39 is 0 Å². The molecule has 0 bridgehead atoms. The minimum Gasteiger partial charge on any atom is -0.311 e. The molecule has 104 valence electrons. The van der Waals surface area contributed by atoms with Crippen LogP contribution in [-0.4, -0.2) is 16.3 Å². The lowest BCUT2D eigenvalue weighted by Gasteiger charge is -2.17. The minimum absolute atomic E-state index is 0.342. The van der Waals surface area contributed by atoms with Crippen molar-refractivity contribution < 1.29 is 0 Å². The summed E-state index contributed by atoms with van der Waals surface area (Å²) in [5, 5.41) is 9.43. The van der Waals surface area contributed by atoms with Crippen LogP contribution in [0.2, 0.25) is 0 Å². The molecule has 0 aliphatic rings. The second kappa shape index (κ2) is 5.74. The fraction of sp³-hybridized carbons (Fsp3) is 0.562. The number of nitrogens with one attached hydrogen (secondary N) is 1. The summed E-state index contributed by atoms with van der Waals surface area (Å²) in [6.45, 7) is 11.8. The Kier molecular flexibility index (Phi) is 4.25. The van der Waals surface area contributed by atoms with Crippen LogP contribution >= 0.6 is 0 Å². The molecule has 0 radical (unpaired) electrons. The molecule has 3 heteroatoms. The second-order valence-electron chi connectivity index (χ2n) is 6.28. The van der Waals surface area contributed by atoms with Crippen LogP contribution in [0.25, 0.3) is 10.9 Å². The van der Waals surface area contributed by atoms with Crippen molar-refractivity contribution in [2.24, 2.45) is 5.41 Å². The first kappa shape index (κ1) is 14.1. The number of fused-ring (bicyclic) bond motifs is 1. The van der Waals surface area contributed by atoms with Gasteiger partial charge in [0.25, 0.3) is 0 Å². The highest BCUT2D eigenvalue weighted by Gasteiger charge is 2.13. The molecule has 0 spiro atoms. The first-order valence-electron chi connectivity index (χ1n) is 7.16. The Labute approximate surface area is 116 Å². The molecule has 0 atom stereocenters. The molecule has 0 saturated heterocycles. The van der Waals surface area contributed by atoms with Gasteiger partial charge in [-0.2, -0.15) is 5.10 Å². The van der Waals surface area contributed by atoms with E-state index in [1.165, 1.54) is 10.9 Å². The van der Waals surface area contributed by atoms with Gasteiger partial charge < -0.3 is 5.32 Å². The Morgan fingerprint density at radius 1 is 1.21 bits per heavy atom. The maximum Gasteiger partial charge on any atom is 0.0841 e. The summed E-state index contributed by atoms with van der Waals surface area (Å²) < 4.78 is 2.16. The smallest absolute Gasteiger partial charge is 0.0841 e. The van der Waals surface area contributed by atoms with Crippen LogP contribution in [0.15, 0.2) is 24.3 Å². The van der Waals surface area contributed by atoms with Crippen LogP contribution in [0.1, 0.15) is 39.8 Å². The molecule has 19 heavy (non-hydrogen) atoms. The lowest BCUT2D eigenvalue weighted by atomic mass is 9.92. The second-order valence-corrected chi connectivity index (χ2v) is 6.28. The molecule has 1 aromatic heterocycles. The van der Waals surface area contributed by atoms with E-state index in [1.54, 1.807) is 0 Å². The van der Waals surface area contributed by atoms with E-state index in [4.69, 9.17) is 5.10 Å². The van der Waals surface area contributed by atoms with Crippen molar-refractivity contribution in [1.29, 1.82) is 0 Å². The van der Waals surface area contributed by atoms with Crippen LogP contribution < -0.4 is 5.32 Å². The zero-order valence-electron chi connectivity index (χ0n) is 12.5. The van der Waals surface area contributed by atoms with Crippen LogP contribution in [0.4, 0.5) is 0 Å². The Morgan fingerprint density at radius 2 is 1.95 bits per heavy atom. The van der Waals surface area contributed by atoms with Gasteiger partial charge in [-0.15, -0.1) is 0 Å². The van der Waals surface area contributed by atoms with Gasteiger partial charge in [0.1, 0.15) is 0 Å². The highest BCUT2D eigenvalue weighted by molar-refractivity contribution is 5.81. The van der Waals surface area contributed by atoms with Crippen molar-refractivity contribution in [2.45, 2.75) is 47.2 Å². The average molecular weight is 259 g/mol. The van der Waals surface area contributed by atoms with Crippen molar-refractivity contribution in [1.82, 2.24) is 15.1 Å². The van der Waals surface area contributed by atoms with E-state index >= 15 is 0 Å². The van der Waals surface area contributed by atoms with Gasteiger partial charge in [0, 0.05) is 18.5 Å². The molecule has 0 fully saturated rings. The van der Waals surface area contributed by atoms with E-state index in [1.807, 2.05) is 0 Å². The van der Waals surface area contributed by atoms with Crippen molar-refractivity contribution in [2.75, 3.05) is 6.54 Å². The van der Waals surface area contributed by atoms with Gasteiger partial charge in [-0.3, -0.25) is 4.68 Å². The maximum absolute atomic E-state index is 4.78. The molecule has 1 N–H and O–H groups in total. The molecule has 1 heterocycles. The summed E-state index contributed by atoms with van der Waals surface area (Å²) in [5.74, 6) is 0. The number of nitrogens with zero attached hydrogens (tertiary/aromatic N) is 2. The lowest BCUT2D eigenvalue weighted by molar-refractivity contribution is 0.343. The van der Waals surface area contributed by atoms with Crippen LogP contribution in [0.3, 0.4) is 0 Å². The molecule has 1 aromatic carbocycles. The van der Waals surface area contributed by atoms with Crippen LogP contribution in [-0.2, 0) is 13.1 Å². The third-order valence-electron chi connectivity index (χ3n) is 3.35. The zero-order chi connectivity index (χ0) is 13.9. The molecule has 2 aromatic rings. The summed E-state index contributed by atoms with van der Waals surface area (Å²) >= 11 is 0. The van der Waals surface area contributed by atoms with Crippen molar-refractivity contribution in [3.05, 3.63) is 30.0 Å². The molecule has 3 nitrogen and oxygen atoms in total. The van der Waals surface area contributed by atoms with Gasteiger partial charge in [0.15, 0.2) is 0 Å². The third-order valence-corrected chi connectivity index (χ3v) is 3.35. The number of hydrogen-bond acceptors (Lipinski definition) is 2. The zero-order valence-corrected chi connectivity index (χ0v) is 12.5.